The number of hydrazone groups is 1. The second-order valence-corrected chi connectivity index (χ2v) is 8.82. The molecule has 1 aliphatic heterocycles. The molecule has 0 fully saturated rings. The van der Waals surface area contributed by atoms with Crippen LogP contribution in [0.2, 0.25) is 0 Å². The Morgan fingerprint density at radius 3 is 2.76 bits per heavy atom. The number of fused-ring (bicyclic) bond motifs is 1. The lowest BCUT2D eigenvalue weighted by Crippen LogP contribution is -2.44. The fourth-order valence-electron chi connectivity index (χ4n) is 3.32. The Morgan fingerprint density at radius 2 is 2.09 bits per heavy atom. The largest absolute Gasteiger partial charge is 0.321 e. The second-order valence-electron chi connectivity index (χ2n) is 7.72. The highest BCUT2D eigenvalue weighted by Crippen LogP contribution is 2.27. The molecule has 1 aromatic carbocycles. The van der Waals surface area contributed by atoms with Gasteiger partial charge in [0, 0.05) is 19.1 Å². The molecule has 12 heteroatoms. The predicted octanol–water partition coefficient (Wildman–Crippen LogP) is 2.95. The van der Waals surface area contributed by atoms with Crippen LogP contribution in [-0.2, 0) is 13.0 Å². The first-order valence-electron chi connectivity index (χ1n) is 10.3. The predicted molar refractivity (Wildman–Crippen MR) is 123 cm³/mol. The number of alkyl halides is 2. The van der Waals surface area contributed by atoms with Gasteiger partial charge in [0.05, 0.1) is 11.3 Å². The summed E-state index contributed by atoms with van der Waals surface area (Å²) in [6, 6.07) is 7.51. The van der Waals surface area contributed by atoms with Crippen molar-refractivity contribution in [3.8, 4) is 0 Å². The molecule has 0 bridgehead atoms. The van der Waals surface area contributed by atoms with Crippen molar-refractivity contribution >= 4 is 29.5 Å². The summed E-state index contributed by atoms with van der Waals surface area (Å²) in [6.45, 7) is 4.58. The summed E-state index contributed by atoms with van der Waals surface area (Å²) in [5.74, 6) is 10.2. The summed E-state index contributed by atoms with van der Waals surface area (Å²) < 4.78 is 41.5. The normalized spacial score (nSPS) is 14.5. The Kier molecular flexibility index (Phi) is 8.16. The van der Waals surface area contributed by atoms with Crippen LogP contribution in [0.1, 0.15) is 41.0 Å². The van der Waals surface area contributed by atoms with Gasteiger partial charge in [0.15, 0.2) is 5.84 Å². The van der Waals surface area contributed by atoms with Crippen LogP contribution in [0.3, 0.4) is 0 Å². The third kappa shape index (κ3) is 6.15. The highest BCUT2D eigenvalue weighted by molar-refractivity contribution is 7.97. The number of hydrogen-bond acceptors (Lipinski definition) is 7. The van der Waals surface area contributed by atoms with E-state index in [0.717, 1.165) is 23.1 Å². The minimum atomic E-state index is -2.41. The molecule has 33 heavy (non-hydrogen) atoms. The topological polar surface area (TPSA) is 113 Å². The molecule has 2 heterocycles. The molecule has 0 spiro atoms. The summed E-state index contributed by atoms with van der Waals surface area (Å²) >= 11 is 1.04. The van der Waals surface area contributed by atoms with Gasteiger partial charge in [-0.25, -0.2) is 28.3 Å². The molecule has 1 aromatic heterocycles. The molecule has 1 amide bonds. The molecule has 0 unspecified atom stereocenters. The van der Waals surface area contributed by atoms with E-state index >= 15 is 0 Å². The van der Waals surface area contributed by atoms with Crippen molar-refractivity contribution in [1.29, 1.82) is 0 Å². The van der Waals surface area contributed by atoms with Crippen LogP contribution in [-0.4, -0.2) is 50.8 Å². The van der Waals surface area contributed by atoms with Crippen LogP contribution < -0.4 is 17.0 Å². The highest BCUT2D eigenvalue weighted by atomic mass is 32.2. The van der Waals surface area contributed by atoms with Crippen molar-refractivity contribution in [1.82, 2.24) is 14.3 Å². The van der Waals surface area contributed by atoms with Gasteiger partial charge in [-0.1, -0.05) is 18.0 Å². The molecular formula is C21H26F3N7OS. The smallest absolute Gasteiger partial charge is 0.259 e. The molecule has 8 nitrogen and oxygen atoms in total. The molecule has 0 saturated heterocycles. The number of hydrogen-bond donors (Lipinski definition) is 3. The number of amides is 1. The van der Waals surface area contributed by atoms with Gasteiger partial charge in [-0.15, -0.1) is 0 Å². The monoisotopic (exact) mass is 481 g/mol. The van der Waals surface area contributed by atoms with Gasteiger partial charge < -0.3 is 11.2 Å². The zero-order valence-corrected chi connectivity index (χ0v) is 19.1. The Balaban J connectivity index is 1.78. The lowest BCUT2D eigenvalue weighted by Gasteiger charge is -2.28. The first-order chi connectivity index (χ1) is 15.7. The van der Waals surface area contributed by atoms with Crippen molar-refractivity contribution in [2.45, 2.75) is 39.3 Å². The summed E-state index contributed by atoms with van der Waals surface area (Å²) in [5.41, 5.74) is 1.67. The van der Waals surface area contributed by atoms with Gasteiger partial charge in [0.2, 0.25) is 6.43 Å². The third-order valence-corrected chi connectivity index (χ3v) is 6.12. The zero-order chi connectivity index (χ0) is 24.1. The van der Waals surface area contributed by atoms with Crippen LogP contribution in [0, 0.1) is 5.82 Å². The Morgan fingerprint density at radius 1 is 1.33 bits per heavy atom. The van der Waals surface area contributed by atoms with Gasteiger partial charge in [0.25, 0.3) is 5.91 Å². The first kappa shape index (κ1) is 24.8. The van der Waals surface area contributed by atoms with Crippen molar-refractivity contribution in [3.05, 3.63) is 58.5 Å². The number of carbonyl (C=O) groups is 1. The average Bonchev–Trinajstić information content (AvgIpc) is 2.77. The quantitative estimate of drug-likeness (QED) is 0.183. The van der Waals surface area contributed by atoms with Crippen LogP contribution in [0.5, 0.6) is 0 Å². The number of carbonyl (C=O) groups excluding carboxylic acids is 1. The fraction of sp³-hybridized carbons (Fsp3) is 0.381. The molecule has 5 N–H and O–H groups in total. The number of benzene rings is 1. The SMILES string of the molecule is CC(C)N(N)/C(=N\N)c1cccc(NC(=O)c2cc3c(cc2F)CCN(SCC(F)F)C3)n1. The summed E-state index contributed by atoms with van der Waals surface area (Å²) in [5, 5.41) is 7.61. The summed E-state index contributed by atoms with van der Waals surface area (Å²) in [4.78, 5) is 17.1. The van der Waals surface area contributed by atoms with Crippen molar-refractivity contribution < 1.29 is 18.0 Å². The van der Waals surface area contributed by atoms with E-state index in [9.17, 15) is 18.0 Å². The van der Waals surface area contributed by atoms with Crippen molar-refractivity contribution in [2.75, 3.05) is 17.6 Å². The lowest BCUT2D eigenvalue weighted by molar-refractivity contribution is 0.102. The average molecular weight is 482 g/mol. The van der Waals surface area contributed by atoms with Crippen molar-refractivity contribution in [3.63, 3.8) is 0 Å². The van der Waals surface area contributed by atoms with Crippen LogP contribution in [0.15, 0.2) is 35.4 Å². The number of rotatable bonds is 7. The number of nitrogens with zero attached hydrogens (tertiary/aromatic N) is 4. The number of nitrogens with one attached hydrogen (secondary N) is 1. The van der Waals surface area contributed by atoms with Gasteiger partial charge in [-0.3, -0.25) is 9.80 Å². The number of nitrogens with two attached hydrogens (primary N) is 2. The van der Waals surface area contributed by atoms with E-state index < -0.39 is 18.1 Å². The molecule has 0 radical (unpaired) electrons. The molecule has 2 aromatic rings. The number of aromatic nitrogens is 1. The molecule has 0 atom stereocenters. The maximum atomic E-state index is 14.7. The molecule has 3 rings (SSSR count). The summed E-state index contributed by atoms with van der Waals surface area (Å²) in [7, 11) is 0. The van der Waals surface area contributed by atoms with E-state index in [-0.39, 0.29) is 29.0 Å². The Bertz CT molecular complexity index is 1030. The Hall–Kier alpha value is -2.83. The minimum Gasteiger partial charge on any atom is -0.321 e. The molecule has 0 aliphatic carbocycles. The number of amidine groups is 1. The first-order valence-corrected chi connectivity index (χ1v) is 11.2. The number of anilines is 1. The highest BCUT2D eigenvalue weighted by Gasteiger charge is 2.23. The lowest BCUT2D eigenvalue weighted by atomic mass is 9.97. The van der Waals surface area contributed by atoms with Crippen LogP contribution in [0.4, 0.5) is 19.0 Å². The third-order valence-electron chi connectivity index (χ3n) is 5.04. The maximum absolute atomic E-state index is 14.7. The van der Waals surface area contributed by atoms with E-state index in [4.69, 9.17) is 11.7 Å². The zero-order valence-electron chi connectivity index (χ0n) is 18.3. The van der Waals surface area contributed by atoms with Crippen LogP contribution >= 0.6 is 11.9 Å². The van der Waals surface area contributed by atoms with Gasteiger partial charge in [-0.05, 0) is 55.7 Å². The molecular weight excluding hydrogens is 455 g/mol. The Labute approximate surface area is 194 Å². The van der Waals surface area contributed by atoms with E-state index in [1.54, 1.807) is 22.5 Å². The van der Waals surface area contributed by atoms with Crippen LogP contribution in [0.25, 0.3) is 0 Å². The molecule has 178 valence electrons. The van der Waals surface area contributed by atoms with E-state index in [2.05, 4.69) is 15.4 Å². The second kappa shape index (κ2) is 10.9. The number of hydrazine groups is 1. The van der Waals surface area contributed by atoms with Gasteiger partial charge in [-0.2, -0.15) is 5.10 Å². The van der Waals surface area contributed by atoms with Gasteiger partial charge in [0.1, 0.15) is 17.3 Å². The van der Waals surface area contributed by atoms with E-state index in [0.29, 0.717) is 25.2 Å². The summed E-state index contributed by atoms with van der Waals surface area (Å²) in [6.07, 6.45) is -1.90. The maximum Gasteiger partial charge on any atom is 0.259 e. The molecule has 0 saturated carbocycles. The fourth-order valence-corrected chi connectivity index (χ4v) is 4.10. The standard InChI is InChI=1S/C21H26F3N7OS/c1-12(2)31(26)20(29-25)17-4-3-5-19(27-17)28-21(32)15-8-14-10-30(33-11-18(23)24)7-6-13(14)9-16(15)22/h3-5,8-9,12,18H,6-7,10-11,25-26H2,1-2H3,(H,27,28,32)/b29-20-. The van der Waals surface area contributed by atoms with E-state index in [1.165, 1.54) is 17.1 Å². The number of halogens is 3. The van der Waals surface area contributed by atoms with E-state index in [1.807, 2.05) is 13.8 Å². The van der Waals surface area contributed by atoms with Gasteiger partial charge >= 0.3 is 0 Å². The molecule has 1 aliphatic rings. The number of pyridine rings is 1. The minimum absolute atomic E-state index is 0.102. The van der Waals surface area contributed by atoms with Crippen molar-refractivity contribution in [2.24, 2.45) is 16.8 Å².